The quantitative estimate of drug-likeness (QED) is 0.818. The first-order valence-electron chi connectivity index (χ1n) is 8.83. The second kappa shape index (κ2) is 7.28. The summed E-state index contributed by atoms with van der Waals surface area (Å²) in [5.41, 5.74) is 5.66. The van der Waals surface area contributed by atoms with Crippen LogP contribution in [0.15, 0.2) is 0 Å². The zero-order chi connectivity index (χ0) is 16.3. The van der Waals surface area contributed by atoms with Crippen LogP contribution in [0.3, 0.4) is 0 Å². The van der Waals surface area contributed by atoms with Crippen molar-refractivity contribution in [3.8, 4) is 0 Å². The van der Waals surface area contributed by atoms with Crippen molar-refractivity contribution in [3.05, 3.63) is 0 Å². The highest BCUT2D eigenvalue weighted by Crippen LogP contribution is 2.31. The number of nitrogens with two attached hydrogens (primary N) is 1. The molecule has 2 rings (SSSR count). The van der Waals surface area contributed by atoms with E-state index in [0.717, 1.165) is 51.6 Å². The normalized spacial score (nSPS) is 31.5. The molecule has 22 heavy (non-hydrogen) atoms. The van der Waals surface area contributed by atoms with Crippen molar-refractivity contribution in [3.63, 3.8) is 0 Å². The highest BCUT2D eigenvalue weighted by molar-refractivity contribution is 5.86. The molecule has 1 aliphatic carbocycles. The molecule has 2 fully saturated rings. The van der Waals surface area contributed by atoms with Gasteiger partial charge in [-0.3, -0.25) is 4.79 Å². The fraction of sp³-hybridized carbons (Fsp3) is 0.941. The van der Waals surface area contributed by atoms with Crippen LogP contribution in [-0.2, 0) is 4.79 Å². The summed E-state index contributed by atoms with van der Waals surface area (Å²) in [6.07, 6.45) is 5.76. The number of hydrogen-bond donors (Lipinski definition) is 2. The van der Waals surface area contributed by atoms with Crippen LogP contribution in [0.4, 0.5) is 0 Å². The molecule has 1 amide bonds. The predicted molar refractivity (Wildman–Crippen MR) is 90.7 cm³/mol. The monoisotopic (exact) mass is 310 g/mol. The molecule has 0 bridgehead atoms. The van der Waals surface area contributed by atoms with Gasteiger partial charge in [-0.1, -0.05) is 0 Å². The van der Waals surface area contributed by atoms with E-state index >= 15 is 0 Å². The Morgan fingerprint density at radius 1 is 1.23 bits per heavy atom. The second-order valence-corrected chi connectivity index (χ2v) is 7.67. The Hall–Kier alpha value is -0.650. The molecule has 1 saturated carbocycles. The Morgan fingerprint density at radius 2 is 1.77 bits per heavy atom. The lowest BCUT2D eigenvalue weighted by molar-refractivity contribution is -0.142. The third-order valence-corrected chi connectivity index (χ3v) is 5.41. The van der Waals surface area contributed by atoms with E-state index in [4.69, 9.17) is 5.73 Å². The fourth-order valence-corrected chi connectivity index (χ4v) is 3.99. The number of piperidine rings is 1. The van der Waals surface area contributed by atoms with E-state index in [1.165, 1.54) is 0 Å². The Kier molecular flexibility index (Phi) is 5.86. The van der Waals surface area contributed by atoms with E-state index in [-0.39, 0.29) is 11.9 Å². The van der Waals surface area contributed by atoms with Crippen LogP contribution >= 0.6 is 0 Å². The summed E-state index contributed by atoms with van der Waals surface area (Å²) in [7, 11) is 4.15. The van der Waals surface area contributed by atoms with Crippen molar-refractivity contribution in [2.75, 3.05) is 27.2 Å². The molecule has 1 saturated heterocycles. The van der Waals surface area contributed by atoms with Crippen molar-refractivity contribution in [1.82, 2.24) is 15.1 Å². The summed E-state index contributed by atoms with van der Waals surface area (Å²) in [6.45, 7) is 6.41. The number of nitrogens with zero attached hydrogens (tertiary/aromatic N) is 2. The number of hydrogen-bond acceptors (Lipinski definition) is 4. The van der Waals surface area contributed by atoms with Gasteiger partial charge in [-0.15, -0.1) is 0 Å². The van der Waals surface area contributed by atoms with E-state index in [2.05, 4.69) is 31.1 Å². The van der Waals surface area contributed by atoms with Gasteiger partial charge in [0.05, 0.1) is 5.54 Å². The van der Waals surface area contributed by atoms with Gasteiger partial charge in [-0.05, 0) is 72.5 Å². The molecule has 5 nitrogen and oxygen atoms in total. The molecular formula is C17H34N4O. The maximum absolute atomic E-state index is 13.3. The number of nitrogens with one attached hydrogen (secondary N) is 1. The summed E-state index contributed by atoms with van der Waals surface area (Å²) in [5.74, 6) is 0.280. The van der Waals surface area contributed by atoms with E-state index in [0.29, 0.717) is 12.1 Å². The smallest absolute Gasteiger partial charge is 0.242 e. The van der Waals surface area contributed by atoms with Gasteiger partial charge >= 0.3 is 0 Å². The molecule has 0 atom stereocenters. The molecule has 5 heteroatoms. The van der Waals surface area contributed by atoms with Crippen LogP contribution in [0.2, 0.25) is 0 Å². The SMILES string of the molecule is CC(C)NC1(C(=O)N(C)C2CCN(C)CC2)CCC(N)CC1. The highest BCUT2D eigenvalue weighted by Gasteiger charge is 2.44. The van der Waals surface area contributed by atoms with E-state index < -0.39 is 5.54 Å². The van der Waals surface area contributed by atoms with Gasteiger partial charge in [-0.2, -0.15) is 0 Å². The lowest BCUT2D eigenvalue weighted by Crippen LogP contribution is -2.63. The molecule has 0 spiro atoms. The maximum atomic E-state index is 13.3. The van der Waals surface area contributed by atoms with Crippen molar-refractivity contribution in [1.29, 1.82) is 0 Å². The first-order valence-corrected chi connectivity index (χ1v) is 8.83. The van der Waals surface area contributed by atoms with Gasteiger partial charge in [-0.25, -0.2) is 0 Å². The molecule has 0 aromatic rings. The number of carbonyl (C=O) groups is 1. The van der Waals surface area contributed by atoms with Crippen LogP contribution in [-0.4, -0.2) is 66.6 Å². The summed E-state index contributed by atoms with van der Waals surface area (Å²) < 4.78 is 0. The average molecular weight is 310 g/mol. The minimum absolute atomic E-state index is 0.253. The summed E-state index contributed by atoms with van der Waals surface area (Å²) in [6, 6.07) is 0.942. The molecule has 1 aliphatic heterocycles. The summed E-state index contributed by atoms with van der Waals surface area (Å²) in [5, 5.41) is 3.59. The Balaban J connectivity index is 2.07. The molecule has 2 aliphatic rings. The number of likely N-dealkylation sites (tertiary alicyclic amines) is 1. The zero-order valence-electron chi connectivity index (χ0n) is 14.8. The molecule has 1 heterocycles. The molecular weight excluding hydrogens is 276 g/mol. The minimum Gasteiger partial charge on any atom is -0.341 e. The lowest BCUT2D eigenvalue weighted by Gasteiger charge is -2.45. The Morgan fingerprint density at radius 3 is 2.27 bits per heavy atom. The maximum Gasteiger partial charge on any atom is 0.242 e. The van der Waals surface area contributed by atoms with Gasteiger partial charge in [0.25, 0.3) is 0 Å². The number of carbonyl (C=O) groups excluding carboxylic acids is 1. The highest BCUT2D eigenvalue weighted by atomic mass is 16.2. The first kappa shape index (κ1) is 17.7. The molecule has 128 valence electrons. The third kappa shape index (κ3) is 4.00. The number of rotatable bonds is 4. The Bertz CT molecular complexity index is 369. The largest absolute Gasteiger partial charge is 0.341 e. The summed E-state index contributed by atoms with van der Waals surface area (Å²) >= 11 is 0. The molecule has 0 unspecified atom stereocenters. The van der Waals surface area contributed by atoms with Crippen LogP contribution in [0.25, 0.3) is 0 Å². The summed E-state index contributed by atoms with van der Waals surface area (Å²) in [4.78, 5) is 17.6. The van der Waals surface area contributed by atoms with Crippen LogP contribution < -0.4 is 11.1 Å². The van der Waals surface area contributed by atoms with Crippen LogP contribution in [0.1, 0.15) is 52.4 Å². The topological polar surface area (TPSA) is 61.6 Å². The van der Waals surface area contributed by atoms with Gasteiger partial charge < -0.3 is 20.9 Å². The standard InChI is InChI=1S/C17H34N4O/c1-13(2)19-17(9-5-14(18)6-10-17)16(22)21(4)15-7-11-20(3)12-8-15/h13-15,19H,5-12,18H2,1-4H3. The van der Waals surface area contributed by atoms with Gasteiger partial charge in [0.15, 0.2) is 0 Å². The number of likely N-dealkylation sites (N-methyl/N-ethyl adjacent to an activating group) is 1. The second-order valence-electron chi connectivity index (χ2n) is 7.67. The van der Waals surface area contributed by atoms with Crippen molar-refractivity contribution < 1.29 is 4.79 Å². The van der Waals surface area contributed by atoms with E-state index in [1.807, 2.05) is 11.9 Å². The van der Waals surface area contributed by atoms with Gasteiger partial charge in [0.1, 0.15) is 0 Å². The van der Waals surface area contributed by atoms with Crippen molar-refractivity contribution >= 4 is 5.91 Å². The Labute approximate surface area is 135 Å². The predicted octanol–water partition coefficient (Wildman–Crippen LogP) is 1.18. The third-order valence-electron chi connectivity index (χ3n) is 5.41. The molecule has 0 aromatic heterocycles. The molecule has 0 radical (unpaired) electrons. The number of amides is 1. The van der Waals surface area contributed by atoms with E-state index in [9.17, 15) is 4.79 Å². The lowest BCUT2D eigenvalue weighted by atomic mass is 9.77. The van der Waals surface area contributed by atoms with Crippen molar-refractivity contribution in [2.24, 2.45) is 5.73 Å². The van der Waals surface area contributed by atoms with Crippen LogP contribution in [0, 0.1) is 0 Å². The fourth-order valence-electron chi connectivity index (χ4n) is 3.99. The van der Waals surface area contributed by atoms with Gasteiger partial charge in [0.2, 0.25) is 5.91 Å². The molecule has 0 aromatic carbocycles. The van der Waals surface area contributed by atoms with E-state index in [1.54, 1.807) is 0 Å². The average Bonchev–Trinajstić information content (AvgIpc) is 2.48. The zero-order valence-corrected chi connectivity index (χ0v) is 14.8. The van der Waals surface area contributed by atoms with Crippen LogP contribution in [0.5, 0.6) is 0 Å². The first-order chi connectivity index (χ1) is 10.3. The van der Waals surface area contributed by atoms with Crippen molar-refractivity contribution in [2.45, 2.75) is 76.0 Å². The molecule has 3 N–H and O–H groups in total. The van der Waals surface area contributed by atoms with Gasteiger partial charge in [0, 0.05) is 25.2 Å². The minimum atomic E-state index is -0.401.